The third-order valence-electron chi connectivity index (χ3n) is 12.8. The van der Waals surface area contributed by atoms with Gasteiger partial charge in [0.05, 0.1) is 0 Å². The molecule has 2 unspecified atom stereocenters. The molecule has 4 aromatic rings. The van der Waals surface area contributed by atoms with Gasteiger partial charge in [0.2, 0.25) is 0 Å². The molecular weight excluding hydrogens is 672 g/mol. The predicted molar refractivity (Wildman–Crippen MR) is 214 cm³/mol. The summed E-state index contributed by atoms with van der Waals surface area (Å²) in [5, 5.41) is 0. The molecule has 0 N–H and O–H groups in total. The van der Waals surface area contributed by atoms with Crippen LogP contribution in [0.5, 0.6) is 0 Å². The number of rotatable bonds is 6. The molecule has 2 heteroatoms. The van der Waals surface area contributed by atoms with Crippen molar-refractivity contribution in [2.24, 2.45) is 5.92 Å². The fourth-order valence-electron chi connectivity index (χ4n) is 9.34. The van der Waals surface area contributed by atoms with E-state index in [1.54, 1.807) is 22.3 Å². The van der Waals surface area contributed by atoms with Crippen molar-refractivity contribution in [3.63, 3.8) is 0 Å². The Hall–Kier alpha value is -2.54. The average Bonchev–Trinajstić information content (AvgIpc) is 3.59. The Bertz CT molecular complexity index is 1920. The second-order valence-corrected chi connectivity index (χ2v) is 56.6. The summed E-state index contributed by atoms with van der Waals surface area (Å²) < 4.78 is 6.88. The van der Waals surface area contributed by atoms with Crippen LogP contribution in [0.4, 0.5) is 0 Å². The van der Waals surface area contributed by atoms with Gasteiger partial charge in [-0.3, -0.25) is 0 Å². The van der Waals surface area contributed by atoms with Crippen LogP contribution in [0.25, 0.3) is 34.4 Å². The number of benzene rings is 4. The molecule has 4 aromatic carbocycles. The Morgan fingerprint density at radius 1 is 0.583 bits per heavy atom. The molecule has 0 bridgehead atoms. The first-order valence-electron chi connectivity index (χ1n) is 18.4. The first kappa shape index (κ1) is 35.3. The van der Waals surface area contributed by atoms with Crippen molar-refractivity contribution in [3.8, 4) is 22.3 Å². The van der Waals surface area contributed by atoms with Crippen molar-refractivity contribution < 1.29 is 17.9 Å². The summed E-state index contributed by atoms with van der Waals surface area (Å²) in [6.45, 7) is 26.6. The van der Waals surface area contributed by atoms with Crippen molar-refractivity contribution in [1.82, 2.24) is 0 Å². The molecule has 0 radical (unpaired) electrons. The maximum absolute atomic E-state index is 3.76. The van der Waals surface area contributed by atoms with E-state index in [4.69, 9.17) is 0 Å². The summed E-state index contributed by atoms with van der Waals surface area (Å²) in [5.41, 5.74) is 18.0. The van der Waals surface area contributed by atoms with Crippen LogP contribution in [0.1, 0.15) is 103 Å². The van der Waals surface area contributed by atoms with E-state index in [1.165, 1.54) is 44.5 Å². The first-order valence-corrected chi connectivity index (χ1v) is 33.3. The fraction of sp³-hybridized carbons (Fsp3) is 0.391. The zero-order chi connectivity index (χ0) is 35.0. The van der Waals surface area contributed by atoms with Gasteiger partial charge < -0.3 is 0 Å². The van der Waals surface area contributed by atoms with E-state index in [0.29, 0.717) is 13.2 Å². The van der Waals surface area contributed by atoms with Crippen molar-refractivity contribution in [2.75, 3.05) is 0 Å². The molecule has 0 saturated carbocycles. The van der Waals surface area contributed by atoms with Gasteiger partial charge in [0.1, 0.15) is 0 Å². The van der Waals surface area contributed by atoms with Gasteiger partial charge >= 0.3 is 296 Å². The fourth-order valence-corrected chi connectivity index (χ4v) is 39.5. The van der Waals surface area contributed by atoms with E-state index in [0.717, 1.165) is 0 Å². The van der Waals surface area contributed by atoms with E-state index in [-0.39, 0.29) is 10.8 Å². The molecule has 251 valence electrons. The molecule has 0 heterocycles. The van der Waals surface area contributed by atoms with Gasteiger partial charge in [-0.2, -0.15) is 0 Å². The van der Waals surface area contributed by atoms with Crippen LogP contribution < -0.4 is 0 Å². The zero-order valence-electron chi connectivity index (χ0n) is 32.0. The minimum absolute atomic E-state index is 0.151. The third kappa shape index (κ3) is 5.68. The van der Waals surface area contributed by atoms with Crippen LogP contribution in [0, 0.1) is 5.92 Å². The van der Waals surface area contributed by atoms with Gasteiger partial charge in [-0.05, 0) is 0 Å². The van der Waals surface area contributed by atoms with Crippen LogP contribution in [0.15, 0.2) is 96.1 Å². The summed E-state index contributed by atoms with van der Waals surface area (Å²) in [6.07, 6.45) is 5.24. The van der Waals surface area contributed by atoms with Gasteiger partial charge in [0.25, 0.3) is 0 Å². The number of allylic oxidation sites excluding steroid dienone is 2. The van der Waals surface area contributed by atoms with Crippen molar-refractivity contribution in [2.45, 2.75) is 103 Å². The molecule has 2 aliphatic rings. The molecule has 2 aliphatic carbocycles. The average molecular weight is 731 g/mol. The number of fused-ring (bicyclic) bond motifs is 2. The van der Waals surface area contributed by atoms with E-state index >= 15 is 0 Å². The minimum atomic E-state index is -3.76. The van der Waals surface area contributed by atoms with E-state index in [1.807, 2.05) is 0 Å². The summed E-state index contributed by atoms with van der Waals surface area (Å²) in [7, 11) is 0. The Morgan fingerprint density at radius 2 is 1.00 bits per heavy atom. The quantitative estimate of drug-likeness (QED) is 0.173. The van der Waals surface area contributed by atoms with Gasteiger partial charge in [-0.1, -0.05) is 0 Å². The van der Waals surface area contributed by atoms with Crippen LogP contribution in [-0.4, -0.2) is 5.92 Å². The van der Waals surface area contributed by atoms with Crippen LogP contribution in [-0.2, 0) is 28.8 Å². The molecule has 0 saturated heterocycles. The molecule has 0 spiro atoms. The van der Waals surface area contributed by atoms with Gasteiger partial charge in [0, 0.05) is 0 Å². The van der Waals surface area contributed by atoms with E-state index in [9.17, 15) is 0 Å². The van der Waals surface area contributed by atoms with E-state index < -0.39 is 23.9 Å². The van der Waals surface area contributed by atoms with Gasteiger partial charge in [-0.15, -0.1) is 0 Å². The summed E-state index contributed by atoms with van der Waals surface area (Å²) in [4.78, 5) is 0. The Labute approximate surface area is 294 Å². The van der Waals surface area contributed by atoms with Crippen molar-refractivity contribution in [1.29, 1.82) is 0 Å². The second-order valence-electron chi connectivity index (χ2n) is 18.7. The first-order chi connectivity index (χ1) is 22.3. The van der Waals surface area contributed by atoms with Crippen LogP contribution >= 0.6 is 0 Å². The Morgan fingerprint density at radius 3 is 1.40 bits per heavy atom. The number of hydrogen-bond acceptors (Lipinski definition) is 0. The summed E-state index contributed by atoms with van der Waals surface area (Å²) in [5.74, 6) is -0.650. The van der Waals surface area contributed by atoms with Gasteiger partial charge in [0.15, 0.2) is 0 Å². The standard InChI is InChI=1S/C22H25.C20H21.C2H7Si.2CH3.Zr/c1-15(2)18-13-17-7-6-8-20(21(17)14-18)16-9-11-19(12-10-16)22(3,4)5;1-14-12-16-6-5-7-18(19(16)13-14)15-8-10-17(11-9-15)20(2,3)4;1-3-2;;;/h6-15H,1-5H3;5-13H,1-4H3;3H,1-2H3;2*1H3;. The molecule has 48 heavy (non-hydrogen) atoms. The SMILES string of the molecule is CC1=Cc2c(-c3ccc(C(C)(C)C)cc3)cccc2[CH]1[Zr]([CH3])([CH3])([CH]1C(C(C)C)=Cc2c(-c3ccc(C(C)(C)C)cc3)cccc21)[SiH](C)C. The molecule has 0 aliphatic heterocycles. The second kappa shape index (κ2) is 12.1. The van der Waals surface area contributed by atoms with Crippen molar-refractivity contribution in [3.05, 3.63) is 129 Å². The molecule has 2 atom stereocenters. The summed E-state index contributed by atoms with van der Waals surface area (Å²) >= 11 is -3.76. The molecule has 6 rings (SSSR count). The van der Waals surface area contributed by atoms with E-state index in [2.05, 4.69) is 182 Å². The maximum atomic E-state index is 2.89. The Kier molecular flexibility index (Phi) is 8.86. The molecule has 0 amide bonds. The zero-order valence-corrected chi connectivity index (χ0v) is 35.7. The molecule has 0 nitrogen and oxygen atoms in total. The Balaban J connectivity index is 1.51. The number of hydrogen-bond donors (Lipinski definition) is 0. The topological polar surface area (TPSA) is 0 Å². The molecular formula is C46H59SiZr. The molecule has 0 aromatic heterocycles. The van der Waals surface area contributed by atoms with Gasteiger partial charge in [-0.25, -0.2) is 0 Å². The van der Waals surface area contributed by atoms with Crippen LogP contribution in [0.3, 0.4) is 0 Å². The van der Waals surface area contributed by atoms with Crippen molar-refractivity contribution >= 4 is 18.1 Å². The molecule has 0 fully saturated rings. The third-order valence-corrected chi connectivity index (χ3v) is 59.7. The normalized spacial score (nSPS) is 18.8. The van der Waals surface area contributed by atoms with Crippen LogP contribution in [0.2, 0.25) is 22.4 Å². The predicted octanol–water partition coefficient (Wildman–Crippen LogP) is 13.6. The summed E-state index contributed by atoms with van der Waals surface area (Å²) in [6, 6.07) is 33.3. The monoisotopic (exact) mass is 729 g/mol.